The number of nitrogens with one attached hydrogen (secondary N) is 3. The molecule has 0 spiro atoms. The number of ether oxygens (including phenoxy) is 1. The molecule has 0 fully saturated rings. The largest absolute Gasteiger partial charge is 0.444 e. The molecular weight excluding hydrogens is 424 g/mol. The molecule has 0 aliphatic carbocycles. The lowest BCUT2D eigenvalue weighted by Gasteiger charge is -2.24. The number of carbonyl (C=O) groups is 2. The number of hydrogen-bond donors (Lipinski definition) is 3. The fourth-order valence-corrected chi connectivity index (χ4v) is 3.27. The molecule has 166 valence electrons. The summed E-state index contributed by atoms with van der Waals surface area (Å²) in [7, 11) is 0. The quantitative estimate of drug-likeness (QED) is 0.403. The molecule has 0 aliphatic heterocycles. The summed E-state index contributed by atoms with van der Waals surface area (Å²) in [6.07, 6.45) is 1.41. The Morgan fingerprint density at radius 1 is 1.00 bits per heavy atom. The molecule has 3 aromatic rings. The molecule has 0 saturated carbocycles. The Labute approximate surface area is 192 Å². The zero-order chi connectivity index (χ0) is 23.1. The van der Waals surface area contributed by atoms with Crippen molar-refractivity contribution in [3.05, 3.63) is 78.1 Å². The molecule has 7 nitrogen and oxygen atoms in total. The maximum atomic E-state index is 12.7. The minimum absolute atomic E-state index is 0.244. The zero-order valence-corrected chi connectivity index (χ0v) is 19.0. The van der Waals surface area contributed by atoms with Crippen LogP contribution in [0.2, 0.25) is 0 Å². The second-order valence-corrected chi connectivity index (χ2v) is 8.65. The smallest absolute Gasteiger partial charge is 0.408 e. The third-order valence-corrected chi connectivity index (χ3v) is 4.86. The number of fused-ring (bicyclic) bond motifs is 1. The van der Waals surface area contributed by atoms with Crippen LogP contribution in [0.5, 0.6) is 0 Å². The lowest BCUT2D eigenvalue weighted by Crippen LogP contribution is -2.53. The first kappa shape index (κ1) is 23.1. The van der Waals surface area contributed by atoms with Crippen molar-refractivity contribution in [3.63, 3.8) is 0 Å². The number of hydrazine groups is 1. The minimum Gasteiger partial charge on any atom is -0.444 e. The highest BCUT2D eigenvalue weighted by molar-refractivity contribution is 7.80. The number of thiocarbonyl (C=S) groups is 1. The van der Waals surface area contributed by atoms with Crippen LogP contribution in [-0.2, 0) is 11.2 Å². The average Bonchev–Trinajstić information content (AvgIpc) is 2.76. The topological polar surface area (TPSA) is 92.4 Å². The molecule has 8 heteroatoms. The Hall–Kier alpha value is -3.52. The molecule has 2 amide bonds. The molecule has 2 aromatic carbocycles. The Morgan fingerprint density at radius 2 is 1.69 bits per heavy atom. The predicted molar refractivity (Wildman–Crippen MR) is 128 cm³/mol. The van der Waals surface area contributed by atoms with Crippen LogP contribution in [0.1, 0.15) is 36.8 Å². The van der Waals surface area contributed by atoms with E-state index >= 15 is 0 Å². The van der Waals surface area contributed by atoms with Gasteiger partial charge in [-0.25, -0.2) is 4.79 Å². The standard InChI is InChI=1S/C24H26N4O3S/c1-24(2,3)31-23(30)26-19(15-16-9-5-4-6-10-16)22(32)28-27-21(29)20-18-12-8-7-11-17(18)13-14-25-20/h4-14,19H,15H2,1-3H3,(H,26,30)(H,27,29)(H,28,32). The van der Waals surface area contributed by atoms with E-state index in [4.69, 9.17) is 17.0 Å². The van der Waals surface area contributed by atoms with Crippen molar-refractivity contribution in [2.45, 2.75) is 38.8 Å². The molecule has 1 heterocycles. The highest BCUT2D eigenvalue weighted by Crippen LogP contribution is 2.16. The average molecular weight is 451 g/mol. The van der Waals surface area contributed by atoms with Crippen LogP contribution >= 0.6 is 12.2 Å². The summed E-state index contributed by atoms with van der Waals surface area (Å²) in [5.74, 6) is -0.431. The summed E-state index contributed by atoms with van der Waals surface area (Å²) in [5, 5.41) is 4.42. The van der Waals surface area contributed by atoms with Gasteiger partial charge in [0, 0.05) is 11.6 Å². The van der Waals surface area contributed by atoms with Crippen LogP contribution in [0.15, 0.2) is 66.9 Å². The third-order valence-electron chi connectivity index (χ3n) is 4.48. The number of benzene rings is 2. The summed E-state index contributed by atoms with van der Waals surface area (Å²) in [4.78, 5) is 29.5. The minimum atomic E-state index is -0.648. The van der Waals surface area contributed by atoms with Crippen LogP contribution in [0.25, 0.3) is 10.8 Å². The van der Waals surface area contributed by atoms with Gasteiger partial charge in [0.05, 0.1) is 6.04 Å². The van der Waals surface area contributed by atoms with Crippen molar-refractivity contribution in [3.8, 4) is 0 Å². The summed E-state index contributed by atoms with van der Waals surface area (Å²) in [5.41, 5.74) is 5.95. The third kappa shape index (κ3) is 6.49. The molecule has 0 aliphatic rings. The van der Waals surface area contributed by atoms with E-state index in [-0.39, 0.29) is 10.7 Å². The zero-order valence-electron chi connectivity index (χ0n) is 18.2. The summed E-state index contributed by atoms with van der Waals surface area (Å²) >= 11 is 5.48. The van der Waals surface area contributed by atoms with Crippen molar-refractivity contribution in [1.29, 1.82) is 0 Å². The van der Waals surface area contributed by atoms with Crippen LogP contribution in [0.4, 0.5) is 4.79 Å². The lowest BCUT2D eigenvalue weighted by molar-refractivity contribution is 0.0518. The molecular formula is C24H26N4O3S. The van der Waals surface area contributed by atoms with Gasteiger partial charge in [0.2, 0.25) is 0 Å². The van der Waals surface area contributed by atoms with Crippen LogP contribution in [0.3, 0.4) is 0 Å². The normalized spacial score (nSPS) is 12.0. The highest BCUT2D eigenvalue weighted by Gasteiger charge is 2.23. The fraction of sp³-hybridized carbons (Fsp3) is 0.250. The van der Waals surface area contributed by atoms with Gasteiger partial charge < -0.3 is 10.1 Å². The maximum Gasteiger partial charge on any atom is 0.408 e. The summed E-state index contributed by atoms with van der Waals surface area (Å²) < 4.78 is 5.36. The highest BCUT2D eigenvalue weighted by atomic mass is 32.1. The Morgan fingerprint density at radius 3 is 2.41 bits per heavy atom. The first-order valence-corrected chi connectivity index (χ1v) is 10.6. The van der Waals surface area contributed by atoms with Gasteiger partial charge in [0.15, 0.2) is 0 Å². The fourth-order valence-electron chi connectivity index (χ4n) is 3.07. The number of alkyl carbamates (subject to hydrolysis) is 1. The molecule has 3 N–H and O–H groups in total. The number of carbonyl (C=O) groups excluding carboxylic acids is 2. The van der Waals surface area contributed by atoms with Gasteiger partial charge in [0.25, 0.3) is 5.91 Å². The van der Waals surface area contributed by atoms with E-state index in [0.717, 1.165) is 16.3 Å². The predicted octanol–water partition coefficient (Wildman–Crippen LogP) is 3.93. The van der Waals surface area contributed by atoms with Crippen LogP contribution in [0, 0.1) is 0 Å². The molecule has 3 rings (SSSR count). The van der Waals surface area contributed by atoms with E-state index in [1.54, 1.807) is 27.0 Å². The van der Waals surface area contributed by atoms with E-state index in [0.29, 0.717) is 6.42 Å². The Kier molecular flexibility index (Phi) is 7.37. The van der Waals surface area contributed by atoms with Crippen molar-refractivity contribution in [1.82, 2.24) is 21.2 Å². The van der Waals surface area contributed by atoms with Gasteiger partial charge in [-0.1, -0.05) is 66.8 Å². The van der Waals surface area contributed by atoms with Gasteiger partial charge >= 0.3 is 6.09 Å². The monoisotopic (exact) mass is 450 g/mol. The van der Waals surface area contributed by atoms with E-state index in [1.165, 1.54) is 0 Å². The maximum absolute atomic E-state index is 12.7. The summed E-state index contributed by atoms with van der Waals surface area (Å²) in [6.45, 7) is 5.35. The summed E-state index contributed by atoms with van der Waals surface area (Å²) in [6, 6.07) is 18.3. The van der Waals surface area contributed by atoms with Crippen molar-refractivity contribution < 1.29 is 14.3 Å². The number of nitrogens with zero attached hydrogens (tertiary/aromatic N) is 1. The molecule has 0 saturated heterocycles. The van der Waals surface area contributed by atoms with Crippen LogP contribution in [-0.4, -0.2) is 33.6 Å². The van der Waals surface area contributed by atoms with Gasteiger partial charge in [-0.2, -0.15) is 0 Å². The van der Waals surface area contributed by atoms with E-state index < -0.39 is 23.6 Å². The first-order chi connectivity index (χ1) is 15.2. The van der Waals surface area contributed by atoms with Crippen molar-refractivity contribution >= 4 is 40.0 Å². The molecule has 32 heavy (non-hydrogen) atoms. The Balaban J connectivity index is 1.70. The number of amides is 2. The van der Waals surface area contributed by atoms with E-state index in [1.807, 2.05) is 60.7 Å². The molecule has 1 atom stereocenters. The van der Waals surface area contributed by atoms with Gasteiger partial charge in [-0.3, -0.25) is 20.6 Å². The van der Waals surface area contributed by atoms with Gasteiger partial charge in [-0.15, -0.1) is 0 Å². The van der Waals surface area contributed by atoms with E-state index in [2.05, 4.69) is 21.2 Å². The number of aromatic nitrogens is 1. The van der Waals surface area contributed by atoms with Crippen molar-refractivity contribution in [2.24, 2.45) is 0 Å². The Bertz CT molecular complexity index is 1110. The van der Waals surface area contributed by atoms with Gasteiger partial charge in [-0.05, 0) is 44.2 Å². The van der Waals surface area contributed by atoms with Gasteiger partial charge in [0.1, 0.15) is 16.3 Å². The molecule has 0 radical (unpaired) electrons. The number of hydrogen-bond acceptors (Lipinski definition) is 5. The SMILES string of the molecule is CC(C)(C)OC(=O)NC(Cc1ccccc1)C(=S)NNC(=O)c1nccc2ccccc12. The van der Waals surface area contributed by atoms with Crippen molar-refractivity contribution in [2.75, 3.05) is 0 Å². The second kappa shape index (κ2) is 10.2. The molecule has 1 unspecified atom stereocenters. The second-order valence-electron chi connectivity index (χ2n) is 8.21. The van der Waals surface area contributed by atoms with Crippen LogP contribution < -0.4 is 16.2 Å². The molecule has 1 aromatic heterocycles. The number of pyridine rings is 1. The molecule has 0 bridgehead atoms. The first-order valence-electron chi connectivity index (χ1n) is 10.2. The lowest BCUT2D eigenvalue weighted by atomic mass is 10.1. The van der Waals surface area contributed by atoms with E-state index in [9.17, 15) is 9.59 Å². The number of rotatable bonds is 5.